The number of anilines is 1. The molecule has 0 bridgehead atoms. The van der Waals surface area contributed by atoms with E-state index in [1.165, 1.54) is 25.3 Å². The molecule has 23 heavy (non-hydrogen) atoms. The fourth-order valence-corrected chi connectivity index (χ4v) is 2.00. The number of rotatable bonds is 4. The first-order chi connectivity index (χ1) is 10.9. The Morgan fingerprint density at radius 1 is 1.13 bits per heavy atom. The minimum absolute atomic E-state index is 0.105. The molecule has 0 aliphatic heterocycles. The number of phenols is 1. The molecule has 2 rings (SSSR count). The summed E-state index contributed by atoms with van der Waals surface area (Å²) >= 11 is 2.41. The van der Waals surface area contributed by atoms with Gasteiger partial charge in [-0.15, -0.1) is 0 Å². The van der Waals surface area contributed by atoms with E-state index >= 15 is 0 Å². The molecule has 0 aliphatic rings. The highest BCUT2D eigenvalue weighted by Crippen LogP contribution is 2.31. The minimum atomic E-state index is -1.61. The average Bonchev–Trinajstić information content (AvgIpc) is 2.55. The van der Waals surface area contributed by atoms with Gasteiger partial charge in [0, 0.05) is 0 Å². The molecule has 0 heterocycles. The van der Waals surface area contributed by atoms with Crippen molar-refractivity contribution in [1.82, 2.24) is 0 Å². The van der Waals surface area contributed by atoms with Gasteiger partial charge in [0.15, 0.2) is 34.8 Å². The van der Waals surface area contributed by atoms with Crippen LogP contribution in [0.1, 0.15) is 5.56 Å². The summed E-state index contributed by atoms with van der Waals surface area (Å²) in [4.78, 5) is 0. The molecule has 2 aromatic carbocycles. The molecule has 0 saturated carbocycles. The molecule has 0 unspecified atom stereocenters. The zero-order chi connectivity index (χ0) is 17.1. The molecule has 9 heteroatoms. The predicted octanol–water partition coefficient (Wildman–Crippen LogP) is 4.17. The maximum Gasteiger partial charge on any atom is 0.188 e. The number of phenolic OH excluding ortho intramolecular Hbond substituents is 1. The van der Waals surface area contributed by atoms with Crippen molar-refractivity contribution in [2.75, 3.05) is 12.5 Å². The van der Waals surface area contributed by atoms with Crippen molar-refractivity contribution in [3.8, 4) is 11.5 Å². The molecule has 122 valence electrons. The standard InChI is InChI=1S/C14H9BrF4N2O2/c1-23-8-4-6(2-3-7(8)22)5-20-21-14-12(18)10(16)9(15)11(17)13(14)19/h2-5,21-22H,1H3. The maximum atomic E-state index is 13.6. The van der Waals surface area contributed by atoms with Crippen LogP contribution >= 0.6 is 15.9 Å². The number of benzene rings is 2. The van der Waals surface area contributed by atoms with Crippen LogP contribution in [0.2, 0.25) is 0 Å². The maximum absolute atomic E-state index is 13.6. The molecule has 2 aromatic rings. The van der Waals surface area contributed by atoms with Gasteiger partial charge in [0.1, 0.15) is 5.69 Å². The van der Waals surface area contributed by atoms with Gasteiger partial charge < -0.3 is 9.84 Å². The summed E-state index contributed by atoms with van der Waals surface area (Å²) in [6.07, 6.45) is 1.12. The van der Waals surface area contributed by atoms with E-state index in [1.807, 2.05) is 5.43 Å². The second-order valence-corrected chi connectivity index (χ2v) is 5.04. The summed E-state index contributed by atoms with van der Waals surface area (Å²) in [6.45, 7) is 0. The Bertz CT molecular complexity index is 755. The van der Waals surface area contributed by atoms with Gasteiger partial charge in [-0.3, -0.25) is 5.43 Å². The molecular formula is C14H9BrF4N2O2. The number of methoxy groups -OCH3 is 1. The summed E-state index contributed by atoms with van der Waals surface area (Å²) in [6, 6.07) is 4.16. The van der Waals surface area contributed by atoms with Crippen molar-refractivity contribution >= 4 is 27.8 Å². The smallest absolute Gasteiger partial charge is 0.188 e. The lowest BCUT2D eigenvalue weighted by Crippen LogP contribution is -2.04. The summed E-state index contributed by atoms with van der Waals surface area (Å²) < 4.78 is 57.9. The predicted molar refractivity (Wildman–Crippen MR) is 79.8 cm³/mol. The van der Waals surface area contributed by atoms with Crippen molar-refractivity contribution < 1.29 is 27.4 Å². The van der Waals surface area contributed by atoms with Crippen LogP contribution in [0, 0.1) is 23.3 Å². The lowest BCUT2D eigenvalue weighted by Gasteiger charge is -2.08. The van der Waals surface area contributed by atoms with Crippen LogP contribution in [0.5, 0.6) is 11.5 Å². The molecule has 0 fully saturated rings. The number of hydrogen-bond donors (Lipinski definition) is 2. The van der Waals surface area contributed by atoms with Crippen LogP contribution in [0.3, 0.4) is 0 Å². The van der Waals surface area contributed by atoms with Crippen LogP contribution in [-0.2, 0) is 0 Å². The molecule has 2 N–H and O–H groups in total. The van der Waals surface area contributed by atoms with Crippen molar-refractivity contribution in [2.45, 2.75) is 0 Å². The Morgan fingerprint density at radius 2 is 1.74 bits per heavy atom. The average molecular weight is 393 g/mol. The van der Waals surface area contributed by atoms with E-state index in [2.05, 4.69) is 21.0 Å². The largest absolute Gasteiger partial charge is 0.504 e. The first-order valence-corrected chi connectivity index (χ1v) is 6.83. The highest BCUT2D eigenvalue weighted by Gasteiger charge is 2.23. The Balaban J connectivity index is 2.28. The molecule has 0 amide bonds. The second-order valence-electron chi connectivity index (χ2n) is 4.25. The van der Waals surface area contributed by atoms with Gasteiger partial charge in [0.05, 0.1) is 17.8 Å². The SMILES string of the molecule is COc1cc(C=NNc2c(F)c(F)c(Br)c(F)c2F)ccc1O. The van der Waals surface area contributed by atoms with E-state index in [0.717, 1.165) is 6.21 Å². The quantitative estimate of drug-likeness (QED) is 0.270. The fourth-order valence-electron chi connectivity index (χ4n) is 1.65. The number of halogens is 5. The number of ether oxygens (including phenoxy) is 1. The van der Waals surface area contributed by atoms with Crippen molar-refractivity contribution in [1.29, 1.82) is 0 Å². The second kappa shape index (κ2) is 6.86. The van der Waals surface area contributed by atoms with Crippen LogP contribution < -0.4 is 10.2 Å². The summed E-state index contributed by atoms with van der Waals surface area (Å²) in [5, 5.41) is 12.9. The normalized spacial score (nSPS) is 11.0. The van der Waals surface area contributed by atoms with E-state index in [-0.39, 0.29) is 11.5 Å². The lowest BCUT2D eigenvalue weighted by molar-refractivity contribution is 0.373. The Hall–Kier alpha value is -2.29. The van der Waals surface area contributed by atoms with Gasteiger partial charge in [-0.1, -0.05) is 0 Å². The van der Waals surface area contributed by atoms with Crippen molar-refractivity contribution in [3.63, 3.8) is 0 Å². The number of aromatic hydroxyl groups is 1. The molecule has 0 aromatic heterocycles. The Labute approximate surface area is 136 Å². The third kappa shape index (κ3) is 3.39. The van der Waals surface area contributed by atoms with Crippen LogP contribution in [0.15, 0.2) is 27.8 Å². The van der Waals surface area contributed by atoms with E-state index in [0.29, 0.717) is 5.56 Å². The van der Waals surface area contributed by atoms with E-state index in [4.69, 9.17) is 4.74 Å². The Morgan fingerprint density at radius 3 is 2.30 bits per heavy atom. The molecule has 0 saturated heterocycles. The zero-order valence-electron chi connectivity index (χ0n) is 11.5. The molecule has 0 atom stereocenters. The van der Waals surface area contributed by atoms with Crippen LogP contribution in [0.4, 0.5) is 23.2 Å². The fraction of sp³-hybridized carbons (Fsp3) is 0.0714. The molecule has 0 aliphatic carbocycles. The summed E-state index contributed by atoms with van der Waals surface area (Å²) in [5.41, 5.74) is 1.25. The van der Waals surface area contributed by atoms with Crippen LogP contribution in [0.25, 0.3) is 0 Å². The van der Waals surface area contributed by atoms with Gasteiger partial charge in [-0.2, -0.15) is 5.10 Å². The number of hydrogen-bond acceptors (Lipinski definition) is 4. The number of nitrogens with one attached hydrogen (secondary N) is 1. The zero-order valence-corrected chi connectivity index (χ0v) is 13.1. The number of nitrogens with zero attached hydrogens (tertiary/aromatic N) is 1. The monoisotopic (exact) mass is 392 g/mol. The van der Waals surface area contributed by atoms with Crippen LogP contribution in [-0.4, -0.2) is 18.4 Å². The molecule has 0 radical (unpaired) electrons. The summed E-state index contributed by atoms with van der Waals surface area (Å²) in [5.74, 6) is -6.33. The van der Waals surface area contributed by atoms with Gasteiger partial charge in [0.25, 0.3) is 0 Å². The molecular weight excluding hydrogens is 384 g/mol. The third-order valence-electron chi connectivity index (χ3n) is 2.80. The number of hydrazone groups is 1. The highest BCUT2D eigenvalue weighted by atomic mass is 79.9. The van der Waals surface area contributed by atoms with E-state index < -0.39 is 33.4 Å². The molecule has 0 spiro atoms. The van der Waals surface area contributed by atoms with Gasteiger partial charge >= 0.3 is 0 Å². The van der Waals surface area contributed by atoms with Gasteiger partial charge in [-0.25, -0.2) is 17.6 Å². The minimum Gasteiger partial charge on any atom is -0.504 e. The van der Waals surface area contributed by atoms with Gasteiger partial charge in [-0.05, 0) is 39.7 Å². The summed E-state index contributed by atoms with van der Waals surface area (Å²) in [7, 11) is 1.34. The van der Waals surface area contributed by atoms with Crippen molar-refractivity contribution in [3.05, 3.63) is 51.5 Å². The molecule has 4 nitrogen and oxygen atoms in total. The first-order valence-electron chi connectivity index (χ1n) is 6.04. The van der Waals surface area contributed by atoms with E-state index in [9.17, 15) is 22.7 Å². The third-order valence-corrected chi connectivity index (χ3v) is 3.50. The topological polar surface area (TPSA) is 53.8 Å². The van der Waals surface area contributed by atoms with E-state index in [1.54, 1.807) is 0 Å². The van der Waals surface area contributed by atoms with Gasteiger partial charge in [0.2, 0.25) is 0 Å². The lowest BCUT2D eigenvalue weighted by atomic mass is 10.2. The highest BCUT2D eigenvalue weighted by molar-refractivity contribution is 9.10. The first kappa shape index (κ1) is 17.1. The van der Waals surface area contributed by atoms with Crippen molar-refractivity contribution in [2.24, 2.45) is 5.10 Å². The Kier molecular flexibility index (Phi) is 5.09.